The first kappa shape index (κ1) is 22.3. The first-order valence-electron chi connectivity index (χ1n) is 10.3. The lowest BCUT2D eigenvalue weighted by Crippen LogP contribution is -2.25. The molecule has 1 aliphatic carbocycles. The number of thioether (sulfide) groups is 1. The van der Waals surface area contributed by atoms with Crippen molar-refractivity contribution in [3.63, 3.8) is 0 Å². The molecule has 0 bridgehead atoms. The van der Waals surface area contributed by atoms with Crippen LogP contribution in [0.15, 0.2) is 34.2 Å². The van der Waals surface area contributed by atoms with Crippen LogP contribution in [0.4, 0.5) is 5.69 Å². The van der Waals surface area contributed by atoms with Crippen molar-refractivity contribution < 1.29 is 9.53 Å². The molecule has 0 unspecified atom stereocenters. The van der Waals surface area contributed by atoms with Crippen molar-refractivity contribution in [2.45, 2.75) is 43.8 Å². The molecule has 1 amide bonds. The number of hydrogen-bond donors (Lipinski definition) is 1. The zero-order valence-electron chi connectivity index (χ0n) is 17.3. The number of hydrogen-bond acceptors (Lipinski definition) is 6. The number of aryl methyl sites for hydroxylation is 2. The summed E-state index contributed by atoms with van der Waals surface area (Å²) in [6, 6.07) is 6.97. The van der Waals surface area contributed by atoms with E-state index in [0.717, 1.165) is 35.9 Å². The molecule has 2 aromatic heterocycles. The van der Waals surface area contributed by atoms with Crippen LogP contribution in [0.25, 0.3) is 10.2 Å². The van der Waals surface area contributed by atoms with Crippen molar-refractivity contribution in [2.75, 3.05) is 24.8 Å². The third-order valence-electron chi connectivity index (χ3n) is 5.23. The zero-order chi connectivity index (χ0) is 21.8. The predicted octanol–water partition coefficient (Wildman–Crippen LogP) is 4.76. The lowest BCUT2D eigenvalue weighted by atomic mass is 9.97. The molecular weight excluding hydrogens is 454 g/mol. The van der Waals surface area contributed by atoms with E-state index in [-0.39, 0.29) is 17.2 Å². The van der Waals surface area contributed by atoms with Crippen LogP contribution < -0.4 is 10.9 Å². The number of aromatic nitrogens is 2. The number of thiophene rings is 1. The maximum Gasteiger partial charge on any atom is 0.263 e. The summed E-state index contributed by atoms with van der Waals surface area (Å²) in [5, 5.41) is 4.82. The van der Waals surface area contributed by atoms with Crippen LogP contribution in [0, 0.1) is 0 Å². The highest BCUT2D eigenvalue weighted by Gasteiger charge is 2.22. The summed E-state index contributed by atoms with van der Waals surface area (Å²) in [6.07, 6.45) is 4.95. The number of carbonyl (C=O) groups excluding carboxylic acids is 1. The van der Waals surface area contributed by atoms with E-state index < -0.39 is 0 Å². The fraction of sp³-hybridized carbons (Fsp3) is 0.409. The summed E-state index contributed by atoms with van der Waals surface area (Å²) < 4.78 is 6.88. The Labute approximate surface area is 194 Å². The maximum atomic E-state index is 13.4. The minimum atomic E-state index is -0.157. The minimum absolute atomic E-state index is 0.00103. The molecule has 0 fully saturated rings. The molecule has 0 spiro atoms. The van der Waals surface area contributed by atoms with Gasteiger partial charge in [0.1, 0.15) is 4.83 Å². The zero-order valence-corrected chi connectivity index (χ0v) is 19.7. The van der Waals surface area contributed by atoms with Gasteiger partial charge in [-0.05, 0) is 61.9 Å². The highest BCUT2D eigenvalue weighted by Crippen LogP contribution is 2.34. The molecule has 2 heterocycles. The largest absolute Gasteiger partial charge is 0.385 e. The molecular formula is C22H24ClN3O3S2. The number of fused-ring (bicyclic) bond motifs is 3. The van der Waals surface area contributed by atoms with E-state index in [2.05, 4.69) is 5.32 Å². The molecule has 3 aromatic rings. The molecule has 6 nitrogen and oxygen atoms in total. The number of amides is 1. The molecule has 1 aliphatic rings. The number of benzene rings is 1. The van der Waals surface area contributed by atoms with Gasteiger partial charge in [0.15, 0.2) is 5.16 Å². The van der Waals surface area contributed by atoms with Crippen molar-refractivity contribution in [1.82, 2.24) is 9.55 Å². The fourth-order valence-electron chi connectivity index (χ4n) is 3.75. The third-order valence-corrected chi connectivity index (χ3v) is 7.64. The molecule has 0 atom stereocenters. The van der Waals surface area contributed by atoms with E-state index in [4.69, 9.17) is 21.3 Å². The monoisotopic (exact) mass is 477 g/mol. The van der Waals surface area contributed by atoms with Crippen LogP contribution >= 0.6 is 34.7 Å². The fourth-order valence-corrected chi connectivity index (χ4v) is 6.01. The standard InChI is InChI=1S/C22H24ClN3O3S2/c1-29-12-4-11-26-21(28)19-16-5-2-3-6-17(16)31-20(19)25-22(26)30-13-18(27)24-15-9-7-14(23)8-10-15/h7-10H,2-6,11-13H2,1H3,(H,24,27). The highest BCUT2D eigenvalue weighted by molar-refractivity contribution is 7.99. The van der Waals surface area contributed by atoms with Crippen LogP contribution in [0.2, 0.25) is 5.02 Å². The number of halogens is 1. The van der Waals surface area contributed by atoms with Crippen LogP contribution in [-0.2, 0) is 28.9 Å². The quantitative estimate of drug-likeness (QED) is 0.288. The molecule has 31 heavy (non-hydrogen) atoms. The summed E-state index contributed by atoms with van der Waals surface area (Å²) in [4.78, 5) is 32.8. The van der Waals surface area contributed by atoms with Crippen LogP contribution in [0.3, 0.4) is 0 Å². The van der Waals surface area contributed by atoms with E-state index in [1.807, 2.05) is 0 Å². The number of carbonyl (C=O) groups is 1. The van der Waals surface area contributed by atoms with Gasteiger partial charge in [0, 0.05) is 35.8 Å². The molecule has 1 aromatic carbocycles. The second kappa shape index (κ2) is 10.2. The van der Waals surface area contributed by atoms with E-state index in [1.165, 1.54) is 22.2 Å². The van der Waals surface area contributed by atoms with Crippen molar-refractivity contribution in [3.8, 4) is 0 Å². The number of nitrogens with one attached hydrogen (secondary N) is 1. The lowest BCUT2D eigenvalue weighted by molar-refractivity contribution is -0.113. The summed E-state index contributed by atoms with van der Waals surface area (Å²) >= 11 is 8.81. The molecule has 0 aliphatic heterocycles. The second-order valence-electron chi connectivity index (χ2n) is 7.43. The Bertz CT molecular complexity index is 1140. The van der Waals surface area contributed by atoms with Gasteiger partial charge >= 0.3 is 0 Å². The lowest BCUT2D eigenvalue weighted by Gasteiger charge is -2.13. The molecule has 0 radical (unpaired) electrons. The van der Waals surface area contributed by atoms with Crippen LogP contribution in [-0.4, -0.2) is 34.9 Å². The Hall–Kier alpha value is -1.87. The Morgan fingerprint density at radius 1 is 1.29 bits per heavy atom. The Morgan fingerprint density at radius 2 is 2.06 bits per heavy atom. The van der Waals surface area contributed by atoms with Gasteiger partial charge in [-0.3, -0.25) is 14.2 Å². The average molecular weight is 478 g/mol. The van der Waals surface area contributed by atoms with Crippen molar-refractivity contribution in [3.05, 3.63) is 50.1 Å². The Balaban J connectivity index is 1.58. The van der Waals surface area contributed by atoms with E-state index >= 15 is 0 Å². The van der Waals surface area contributed by atoms with Crippen LogP contribution in [0.5, 0.6) is 0 Å². The van der Waals surface area contributed by atoms with Crippen LogP contribution in [0.1, 0.15) is 29.7 Å². The summed E-state index contributed by atoms with van der Waals surface area (Å²) in [5.41, 5.74) is 1.87. The van der Waals surface area contributed by atoms with E-state index in [1.54, 1.807) is 47.3 Å². The number of anilines is 1. The summed E-state index contributed by atoms with van der Waals surface area (Å²) in [6.45, 7) is 1.08. The van der Waals surface area contributed by atoms with Gasteiger partial charge in [-0.2, -0.15) is 0 Å². The average Bonchev–Trinajstić information content (AvgIpc) is 3.14. The van der Waals surface area contributed by atoms with Crippen molar-refractivity contribution in [2.24, 2.45) is 0 Å². The molecule has 9 heteroatoms. The van der Waals surface area contributed by atoms with E-state index in [0.29, 0.717) is 35.4 Å². The number of nitrogens with zero attached hydrogens (tertiary/aromatic N) is 2. The van der Waals surface area contributed by atoms with E-state index in [9.17, 15) is 9.59 Å². The third kappa shape index (κ3) is 5.14. The SMILES string of the molecule is COCCCn1c(SCC(=O)Nc2ccc(Cl)cc2)nc2sc3c(c2c1=O)CCCC3. The second-order valence-corrected chi connectivity index (χ2v) is 9.89. The first-order chi connectivity index (χ1) is 15.1. The van der Waals surface area contributed by atoms with Gasteiger partial charge in [-0.15, -0.1) is 11.3 Å². The Morgan fingerprint density at radius 3 is 2.84 bits per heavy atom. The Kier molecular flexibility index (Phi) is 7.32. The number of ether oxygens (including phenoxy) is 1. The van der Waals surface area contributed by atoms with Gasteiger partial charge in [0.2, 0.25) is 5.91 Å². The molecule has 0 saturated carbocycles. The molecule has 0 saturated heterocycles. The van der Waals surface area contributed by atoms with Gasteiger partial charge < -0.3 is 10.1 Å². The normalized spacial score (nSPS) is 13.4. The molecule has 1 N–H and O–H groups in total. The van der Waals surface area contributed by atoms with Crippen molar-refractivity contribution >= 4 is 56.5 Å². The first-order valence-corrected chi connectivity index (χ1v) is 12.5. The summed E-state index contributed by atoms with van der Waals surface area (Å²) in [5.74, 6) is 0.00577. The number of methoxy groups -OCH3 is 1. The minimum Gasteiger partial charge on any atom is -0.385 e. The van der Waals surface area contributed by atoms with Gasteiger partial charge in [0.25, 0.3) is 5.56 Å². The van der Waals surface area contributed by atoms with Gasteiger partial charge in [0.05, 0.1) is 11.1 Å². The predicted molar refractivity (Wildman–Crippen MR) is 128 cm³/mol. The van der Waals surface area contributed by atoms with Gasteiger partial charge in [-0.1, -0.05) is 23.4 Å². The summed E-state index contributed by atoms with van der Waals surface area (Å²) in [7, 11) is 1.65. The molecule has 4 rings (SSSR count). The topological polar surface area (TPSA) is 73.2 Å². The number of rotatable bonds is 8. The molecule has 164 valence electrons. The van der Waals surface area contributed by atoms with Gasteiger partial charge in [-0.25, -0.2) is 4.98 Å². The maximum absolute atomic E-state index is 13.4. The highest BCUT2D eigenvalue weighted by atomic mass is 35.5. The van der Waals surface area contributed by atoms with Crippen molar-refractivity contribution in [1.29, 1.82) is 0 Å². The smallest absolute Gasteiger partial charge is 0.263 e.